The Balaban J connectivity index is 2.25. The maximum absolute atomic E-state index is 11.4. The second kappa shape index (κ2) is 5.31. The third-order valence-electron chi connectivity index (χ3n) is 3.23. The van der Waals surface area contributed by atoms with Crippen LogP contribution in [-0.2, 0) is 0 Å². The Kier molecular flexibility index (Phi) is 3.78. The number of aromatic amines is 1. The van der Waals surface area contributed by atoms with Crippen molar-refractivity contribution in [3.8, 4) is 0 Å². The minimum absolute atomic E-state index is 0.110. The van der Waals surface area contributed by atoms with Crippen molar-refractivity contribution in [2.75, 3.05) is 18.1 Å². The molecule has 94 valence electrons. The molecule has 17 heavy (non-hydrogen) atoms. The van der Waals surface area contributed by atoms with Gasteiger partial charge in [0.15, 0.2) is 0 Å². The van der Waals surface area contributed by atoms with E-state index in [0.29, 0.717) is 11.9 Å². The van der Waals surface area contributed by atoms with Crippen LogP contribution < -0.4 is 10.5 Å². The molecule has 1 unspecified atom stereocenters. The molecule has 1 fully saturated rings. The molecule has 0 amide bonds. The van der Waals surface area contributed by atoms with Gasteiger partial charge in [-0.3, -0.25) is 4.79 Å². The predicted molar refractivity (Wildman–Crippen MR) is 66.3 cm³/mol. The van der Waals surface area contributed by atoms with Crippen molar-refractivity contribution >= 4 is 5.82 Å². The molecule has 2 rings (SSSR count). The fraction of sp³-hybridized carbons (Fsp3) is 0.667. The van der Waals surface area contributed by atoms with Gasteiger partial charge in [0.05, 0.1) is 0 Å². The van der Waals surface area contributed by atoms with Crippen molar-refractivity contribution in [1.29, 1.82) is 0 Å². The van der Waals surface area contributed by atoms with E-state index < -0.39 is 0 Å². The van der Waals surface area contributed by atoms with E-state index in [-0.39, 0.29) is 12.2 Å². The molecule has 1 aliphatic rings. The number of rotatable bonds is 3. The summed E-state index contributed by atoms with van der Waals surface area (Å²) in [7, 11) is 0. The Morgan fingerprint density at radius 2 is 2.41 bits per heavy atom. The smallest absolute Gasteiger partial charge is 0.252 e. The highest BCUT2D eigenvalue weighted by molar-refractivity contribution is 5.39. The number of nitrogens with one attached hydrogen (secondary N) is 1. The maximum Gasteiger partial charge on any atom is 0.252 e. The summed E-state index contributed by atoms with van der Waals surface area (Å²) in [5.74, 6) is 1.38. The molecular weight excluding hydrogens is 218 g/mol. The number of aliphatic hydroxyl groups is 1. The SMILES string of the molecule is Cc1nc(N2CCCCC2CCO)cc(=O)[nH]1. The molecule has 5 heteroatoms. The van der Waals surface area contributed by atoms with E-state index in [0.717, 1.165) is 31.6 Å². The number of nitrogens with zero attached hydrogens (tertiary/aromatic N) is 2. The molecule has 1 aliphatic heterocycles. The lowest BCUT2D eigenvalue weighted by atomic mass is 10.00. The topological polar surface area (TPSA) is 69.2 Å². The van der Waals surface area contributed by atoms with Crippen LogP contribution in [-0.4, -0.2) is 34.3 Å². The number of aryl methyl sites for hydroxylation is 1. The Morgan fingerprint density at radius 1 is 1.59 bits per heavy atom. The predicted octanol–water partition coefficient (Wildman–Crippen LogP) is 0.820. The molecule has 0 aromatic carbocycles. The van der Waals surface area contributed by atoms with Crippen LogP contribution in [0.4, 0.5) is 5.82 Å². The fourth-order valence-electron chi connectivity index (χ4n) is 2.46. The van der Waals surface area contributed by atoms with Crippen LogP contribution in [0.1, 0.15) is 31.5 Å². The van der Waals surface area contributed by atoms with Crippen molar-refractivity contribution in [2.45, 2.75) is 38.6 Å². The average Bonchev–Trinajstić information content (AvgIpc) is 2.29. The first kappa shape index (κ1) is 12.1. The molecule has 0 spiro atoms. The van der Waals surface area contributed by atoms with Gasteiger partial charge in [-0.1, -0.05) is 0 Å². The summed E-state index contributed by atoms with van der Waals surface area (Å²) >= 11 is 0. The second-order valence-corrected chi connectivity index (χ2v) is 4.54. The number of anilines is 1. The highest BCUT2D eigenvalue weighted by atomic mass is 16.3. The van der Waals surface area contributed by atoms with Gasteiger partial charge >= 0.3 is 0 Å². The average molecular weight is 237 g/mol. The Morgan fingerprint density at radius 3 is 3.12 bits per heavy atom. The first-order valence-electron chi connectivity index (χ1n) is 6.16. The summed E-state index contributed by atoms with van der Waals surface area (Å²) in [6.45, 7) is 2.89. The van der Waals surface area contributed by atoms with Crippen LogP contribution in [0.2, 0.25) is 0 Å². The van der Waals surface area contributed by atoms with Gasteiger partial charge in [0.2, 0.25) is 0 Å². The number of H-pyrrole nitrogens is 1. The van der Waals surface area contributed by atoms with Gasteiger partial charge in [-0.25, -0.2) is 4.98 Å². The fourth-order valence-corrected chi connectivity index (χ4v) is 2.46. The number of aromatic nitrogens is 2. The van der Waals surface area contributed by atoms with E-state index in [2.05, 4.69) is 14.9 Å². The van der Waals surface area contributed by atoms with E-state index in [1.165, 1.54) is 6.42 Å². The van der Waals surface area contributed by atoms with E-state index in [4.69, 9.17) is 5.11 Å². The summed E-state index contributed by atoms with van der Waals surface area (Å²) in [6, 6.07) is 1.85. The van der Waals surface area contributed by atoms with Gasteiger partial charge in [-0.2, -0.15) is 0 Å². The molecule has 2 heterocycles. The number of hydrogen-bond donors (Lipinski definition) is 2. The van der Waals surface area contributed by atoms with E-state index in [1.807, 2.05) is 0 Å². The van der Waals surface area contributed by atoms with Crippen LogP contribution >= 0.6 is 0 Å². The highest BCUT2D eigenvalue weighted by Gasteiger charge is 2.23. The minimum atomic E-state index is -0.110. The summed E-state index contributed by atoms with van der Waals surface area (Å²) in [4.78, 5) is 20.6. The normalized spacial score (nSPS) is 20.6. The number of hydrogen-bond acceptors (Lipinski definition) is 4. The van der Waals surface area contributed by atoms with Gasteiger partial charge in [0, 0.05) is 25.3 Å². The summed E-state index contributed by atoms with van der Waals surface area (Å²) < 4.78 is 0. The largest absolute Gasteiger partial charge is 0.396 e. The molecule has 2 N–H and O–H groups in total. The van der Waals surface area contributed by atoms with Crippen molar-refractivity contribution < 1.29 is 5.11 Å². The van der Waals surface area contributed by atoms with E-state index in [9.17, 15) is 4.79 Å². The molecule has 1 atom stereocenters. The van der Waals surface area contributed by atoms with Gasteiger partial charge in [-0.05, 0) is 32.6 Å². The maximum atomic E-state index is 11.4. The Hall–Kier alpha value is -1.36. The molecular formula is C12H19N3O2. The molecule has 1 saturated heterocycles. The zero-order valence-electron chi connectivity index (χ0n) is 10.1. The lowest BCUT2D eigenvalue weighted by Gasteiger charge is -2.36. The van der Waals surface area contributed by atoms with Crippen molar-refractivity contribution in [3.63, 3.8) is 0 Å². The molecule has 5 nitrogen and oxygen atoms in total. The second-order valence-electron chi connectivity index (χ2n) is 4.54. The van der Waals surface area contributed by atoms with Gasteiger partial charge in [0.25, 0.3) is 5.56 Å². The van der Waals surface area contributed by atoms with Crippen LogP contribution in [0.3, 0.4) is 0 Å². The summed E-state index contributed by atoms with van der Waals surface area (Å²) in [5, 5.41) is 9.08. The quantitative estimate of drug-likeness (QED) is 0.816. The third-order valence-corrected chi connectivity index (χ3v) is 3.23. The minimum Gasteiger partial charge on any atom is -0.396 e. The first-order valence-corrected chi connectivity index (χ1v) is 6.16. The van der Waals surface area contributed by atoms with Crippen LogP contribution in [0.25, 0.3) is 0 Å². The highest BCUT2D eigenvalue weighted by Crippen LogP contribution is 2.23. The van der Waals surface area contributed by atoms with Crippen LogP contribution in [0, 0.1) is 6.92 Å². The third kappa shape index (κ3) is 2.85. The zero-order valence-corrected chi connectivity index (χ0v) is 10.1. The van der Waals surface area contributed by atoms with Crippen molar-refractivity contribution in [2.24, 2.45) is 0 Å². The van der Waals surface area contributed by atoms with Gasteiger partial charge < -0.3 is 15.0 Å². The Labute approximate surface area is 100 Å². The molecule has 0 bridgehead atoms. The van der Waals surface area contributed by atoms with E-state index >= 15 is 0 Å². The van der Waals surface area contributed by atoms with Gasteiger partial charge in [0.1, 0.15) is 11.6 Å². The van der Waals surface area contributed by atoms with Crippen LogP contribution in [0.5, 0.6) is 0 Å². The molecule has 0 radical (unpaired) electrons. The van der Waals surface area contributed by atoms with Crippen molar-refractivity contribution in [1.82, 2.24) is 9.97 Å². The Bertz CT molecular complexity index is 428. The molecule has 0 aliphatic carbocycles. The summed E-state index contributed by atoms with van der Waals surface area (Å²) in [6.07, 6.45) is 4.11. The summed E-state index contributed by atoms with van der Waals surface area (Å²) in [5.41, 5.74) is -0.110. The molecule has 1 aromatic heterocycles. The molecule has 1 aromatic rings. The first-order chi connectivity index (χ1) is 8.20. The van der Waals surface area contributed by atoms with Gasteiger partial charge in [-0.15, -0.1) is 0 Å². The van der Waals surface area contributed by atoms with E-state index in [1.54, 1.807) is 13.0 Å². The standard InChI is InChI=1S/C12H19N3O2/c1-9-13-11(8-12(17)14-9)15-6-3-2-4-10(15)5-7-16/h8,10,16H,2-7H2,1H3,(H,13,14,17). The zero-order chi connectivity index (χ0) is 12.3. The lowest BCUT2D eigenvalue weighted by Crippen LogP contribution is -2.41. The lowest BCUT2D eigenvalue weighted by molar-refractivity contribution is 0.262. The van der Waals surface area contributed by atoms with Crippen molar-refractivity contribution in [3.05, 3.63) is 22.2 Å². The van der Waals surface area contributed by atoms with Crippen LogP contribution in [0.15, 0.2) is 10.9 Å². The monoisotopic (exact) mass is 237 g/mol. The number of aliphatic hydroxyl groups excluding tert-OH is 1. The number of piperidine rings is 1. The molecule has 0 saturated carbocycles.